The lowest BCUT2D eigenvalue weighted by atomic mass is 10.0. The number of nitriles is 1. The van der Waals surface area contributed by atoms with Crippen LogP contribution in [-0.4, -0.2) is 15.3 Å². The number of hydrogen-bond acceptors (Lipinski definition) is 3. The molecular formula is C24H19N3S. The average Bonchev–Trinajstić information content (AvgIpc) is 3.12. The molecule has 0 unspecified atom stereocenters. The van der Waals surface area contributed by atoms with Crippen LogP contribution in [0, 0.1) is 11.3 Å². The molecule has 0 spiro atoms. The summed E-state index contributed by atoms with van der Waals surface area (Å²) in [6.45, 7) is 0.707. The van der Waals surface area contributed by atoms with Crippen LogP contribution in [0.5, 0.6) is 0 Å². The molecule has 28 heavy (non-hydrogen) atoms. The molecule has 0 saturated carbocycles. The van der Waals surface area contributed by atoms with Crippen LogP contribution in [0.4, 0.5) is 0 Å². The predicted molar refractivity (Wildman–Crippen MR) is 115 cm³/mol. The van der Waals surface area contributed by atoms with E-state index in [2.05, 4.69) is 59.2 Å². The van der Waals surface area contributed by atoms with Gasteiger partial charge in [0, 0.05) is 11.1 Å². The summed E-state index contributed by atoms with van der Waals surface area (Å²) in [5.74, 6) is 0.369. The predicted octanol–water partition coefficient (Wildman–Crippen LogP) is 5.88. The van der Waals surface area contributed by atoms with Crippen LogP contribution in [0.15, 0.2) is 96.2 Å². The first-order valence-electron chi connectivity index (χ1n) is 9.12. The van der Waals surface area contributed by atoms with Crippen molar-refractivity contribution in [2.24, 2.45) is 0 Å². The maximum absolute atomic E-state index is 9.11. The van der Waals surface area contributed by atoms with Crippen molar-refractivity contribution in [1.82, 2.24) is 9.55 Å². The molecule has 0 fully saturated rings. The summed E-state index contributed by atoms with van der Waals surface area (Å²) in [7, 11) is 0. The topological polar surface area (TPSA) is 41.6 Å². The van der Waals surface area contributed by atoms with Gasteiger partial charge in [-0.05, 0) is 5.56 Å². The third kappa shape index (κ3) is 3.85. The van der Waals surface area contributed by atoms with E-state index in [1.165, 1.54) is 17.3 Å². The fourth-order valence-corrected chi connectivity index (χ4v) is 3.90. The van der Waals surface area contributed by atoms with Gasteiger partial charge >= 0.3 is 0 Å². The molecule has 1 heterocycles. The third-order valence-corrected chi connectivity index (χ3v) is 5.32. The molecule has 3 nitrogen and oxygen atoms in total. The Bertz CT molecular complexity index is 1080. The fourth-order valence-electron chi connectivity index (χ4n) is 3.24. The number of rotatable bonds is 6. The smallest absolute Gasteiger partial charge is 0.170 e. The Hall–Kier alpha value is -3.29. The lowest BCUT2D eigenvalue weighted by molar-refractivity contribution is 0.716. The lowest BCUT2D eigenvalue weighted by Crippen LogP contribution is -2.04. The zero-order chi connectivity index (χ0) is 19.2. The molecule has 0 saturated heterocycles. The summed E-state index contributed by atoms with van der Waals surface area (Å²) in [4.78, 5) is 4.97. The van der Waals surface area contributed by atoms with Crippen molar-refractivity contribution in [1.29, 1.82) is 5.26 Å². The van der Waals surface area contributed by atoms with E-state index in [9.17, 15) is 0 Å². The molecule has 0 N–H and O–H groups in total. The minimum absolute atomic E-state index is 0.369. The number of hydrogen-bond donors (Lipinski definition) is 0. The number of aromatic nitrogens is 2. The van der Waals surface area contributed by atoms with Crippen molar-refractivity contribution >= 4 is 11.8 Å². The summed E-state index contributed by atoms with van der Waals surface area (Å²) >= 11 is 1.48. The van der Waals surface area contributed by atoms with E-state index < -0.39 is 0 Å². The van der Waals surface area contributed by atoms with Crippen LogP contribution in [0.2, 0.25) is 0 Å². The third-order valence-electron chi connectivity index (χ3n) is 4.48. The molecule has 0 aliphatic heterocycles. The van der Waals surface area contributed by atoms with Gasteiger partial charge in [-0.3, -0.25) is 0 Å². The fraction of sp³-hybridized carbons (Fsp3) is 0.0833. The largest absolute Gasteiger partial charge is 0.314 e. The van der Waals surface area contributed by atoms with Gasteiger partial charge in [-0.25, -0.2) is 4.98 Å². The highest BCUT2D eigenvalue weighted by Gasteiger charge is 2.20. The van der Waals surface area contributed by atoms with E-state index in [1.54, 1.807) is 0 Å². The maximum Gasteiger partial charge on any atom is 0.170 e. The molecule has 4 rings (SSSR count). The Labute approximate surface area is 169 Å². The zero-order valence-electron chi connectivity index (χ0n) is 15.3. The number of thioether (sulfide) groups is 1. The van der Waals surface area contributed by atoms with E-state index in [-0.39, 0.29) is 0 Å². The summed E-state index contributed by atoms with van der Waals surface area (Å²) in [5.41, 5.74) is 5.43. The molecule has 4 aromatic rings. The Balaban J connectivity index is 1.92. The molecule has 0 atom stereocenters. The highest BCUT2D eigenvalue weighted by molar-refractivity contribution is 7.99. The van der Waals surface area contributed by atoms with E-state index >= 15 is 0 Å². The molecule has 1 aromatic heterocycles. The van der Waals surface area contributed by atoms with Gasteiger partial charge in [-0.15, -0.1) is 0 Å². The number of imidazole rings is 1. The quantitative estimate of drug-likeness (QED) is 0.392. The van der Waals surface area contributed by atoms with Crippen molar-refractivity contribution in [2.75, 3.05) is 5.75 Å². The first-order valence-corrected chi connectivity index (χ1v) is 10.1. The second-order valence-corrected chi connectivity index (χ2v) is 7.28. The normalized spacial score (nSPS) is 10.5. The highest BCUT2D eigenvalue weighted by Crippen LogP contribution is 2.36. The molecule has 136 valence electrons. The van der Waals surface area contributed by atoms with Crippen molar-refractivity contribution in [2.45, 2.75) is 11.7 Å². The molecule has 4 heteroatoms. The van der Waals surface area contributed by atoms with Crippen LogP contribution in [0.3, 0.4) is 0 Å². The molecule has 0 aliphatic carbocycles. The van der Waals surface area contributed by atoms with Crippen molar-refractivity contribution in [3.05, 3.63) is 96.6 Å². The van der Waals surface area contributed by atoms with E-state index in [1.807, 2.05) is 42.5 Å². The SMILES string of the molecule is N#CCSc1nc(-c2ccccc2)c(-c2ccccc2)n1Cc1ccccc1. The van der Waals surface area contributed by atoms with E-state index in [0.29, 0.717) is 12.3 Å². The molecular weight excluding hydrogens is 362 g/mol. The van der Waals surface area contributed by atoms with Crippen LogP contribution in [0.25, 0.3) is 22.5 Å². The Morgan fingerprint density at radius 3 is 1.96 bits per heavy atom. The summed E-state index contributed by atoms with van der Waals surface area (Å²) in [6.07, 6.45) is 0. The highest BCUT2D eigenvalue weighted by atomic mass is 32.2. The van der Waals surface area contributed by atoms with Gasteiger partial charge in [0.1, 0.15) is 0 Å². The summed E-state index contributed by atoms with van der Waals surface area (Å²) in [5, 5.41) is 9.97. The average molecular weight is 382 g/mol. The first kappa shape index (κ1) is 18.1. The number of nitrogens with zero attached hydrogens (tertiary/aromatic N) is 3. The Kier molecular flexibility index (Phi) is 5.56. The maximum atomic E-state index is 9.11. The minimum atomic E-state index is 0.369. The van der Waals surface area contributed by atoms with Crippen LogP contribution >= 0.6 is 11.8 Å². The van der Waals surface area contributed by atoms with Crippen LogP contribution in [0.1, 0.15) is 5.56 Å². The summed E-state index contributed by atoms with van der Waals surface area (Å²) in [6, 6.07) is 33.2. The molecule has 0 bridgehead atoms. The Morgan fingerprint density at radius 2 is 1.36 bits per heavy atom. The zero-order valence-corrected chi connectivity index (χ0v) is 16.1. The monoisotopic (exact) mass is 381 g/mol. The molecule has 3 aromatic carbocycles. The molecule has 0 radical (unpaired) electrons. The summed E-state index contributed by atoms with van der Waals surface area (Å²) < 4.78 is 2.23. The van der Waals surface area contributed by atoms with Gasteiger partial charge in [0.2, 0.25) is 0 Å². The minimum Gasteiger partial charge on any atom is -0.314 e. The van der Waals surface area contributed by atoms with Gasteiger partial charge in [-0.1, -0.05) is 103 Å². The van der Waals surface area contributed by atoms with Crippen LogP contribution in [-0.2, 0) is 6.54 Å². The second kappa shape index (κ2) is 8.60. The van der Waals surface area contributed by atoms with Gasteiger partial charge in [0.25, 0.3) is 0 Å². The number of benzene rings is 3. The van der Waals surface area contributed by atoms with Gasteiger partial charge in [0.15, 0.2) is 5.16 Å². The second-order valence-electron chi connectivity index (χ2n) is 6.34. The lowest BCUT2D eigenvalue weighted by Gasteiger charge is -2.13. The van der Waals surface area contributed by atoms with E-state index in [0.717, 1.165) is 27.7 Å². The van der Waals surface area contributed by atoms with Crippen molar-refractivity contribution in [3.63, 3.8) is 0 Å². The van der Waals surface area contributed by atoms with Gasteiger partial charge in [0.05, 0.1) is 29.8 Å². The molecule has 0 amide bonds. The van der Waals surface area contributed by atoms with Crippen molar-refractivity contribution < 1.29 is 0 Å². The van der Waals surface area contributed by atoms with Gasteiger partial charge in [-0.2, -0.15) is 5.26 Å². The van der Waals surface area contributed by atoms with E-state index in [4.69, 9.17) is 10.2 Å². The molecule has 0 aliphatic rings. The van der Waals surface area contributed by atoms with Crippen molar-refractivity contribution in [3.8, 4) is 28.6 Å². The standard InChI is InChI=1S/C24H19N3S/c25-16-17-28-24-26-22(20-12-6-2-7-13-20)23(21-14-8-3-9-15-21)27(24)18-19-10-4-1-5-11-19/h1-15H,17-18H2. The Morgan fingerprint density at radius 1 is 0.786 bits per heavy atom. The van der Waals surface area contributed by atoms with Crippen LogP contribution < -0.4 is 0 Å². The van der Waals surface area contributed by atoms with Gasteiger partial charge < -0.3 is 4.57 Å². The first-order chi connectivity index (χ1) is 13.9.